The number of likely N-dealkylation sites (tertiary alicyclic amines) is 1. The van der Waals surface area contributed by atoms with Crippen molar-refractivity contribution in [3.05, 3.63) is 59.9 Å². The van der Waals surface area contributed by atoms with Crippen LogP contribution in [0.4, 0.5) is 11.5 Å². The highest BCUT2D eigenvalue weighted by molar-refractivity contribution is 5.73. The minimum atomic E-state index is 0.0955. The van der Waals surface area contributed by atoms with Crippen LogP contribution in [0.25, 0.3) is 11.3 Å². The average Bonchev–Trinajstić information content (AvgIpc) is 2.73. The zero-order valence-electron chi connectivity index (χ0n) is 18.5. The molecule has 1 fully saturated rings. The first-order valence-electron chi connectivity index (χ1n) is 10.7. The highest BCUT2D eigenvalue weighted by atomic mass is 16.2. The monoisotopic (exact) mass is 416 g/mol. The van der Waals surface area contributed by atoms with E-state index < -0.39 is 0 Å². The van der Waals surface area contributed by atoms with Crippen LogP contribution < -0.4 is 5.32 Å². The number of carbonyl (C=O) groups excluding carboxylic acids is 1. The van der Waals surface area contributed by atoms with Crippen LogP contribution in [0.3, 0.4) is 0 Å². The van der Waals surface area contributed by atoms with Crippen molar-refractivity contribution in [2.24, 2.45) is 0 Å². The third-order valence-corrected chi connectivity index (χ3v) is 5.71. The summed E-state index contributed by atoms with van der Waals surface area (Å²) in [4.78, 5) is 32.5. The first-order chi connectivity index (χ1) is 14.9. The zero-order chi connectivity index (χ0) is 22.0. The molecule has 3 aromatic heterocycles. The van der Waals surface area contributed by atoms with Crippen molar-refractivity contribution in [3.8, 4) is 11.3 Å². The number of hydrogen-bond acceptors (Lipinski definition) is 6. The Kier molecular flexibility index (Phi) is 5.93. The standard InChI is InChI=1S/C24H28N6O/c1-15-10-21(11-16(2)26-15)27-23-12-22(19-6-5-9-25-13-19)28-24(29-23)20-8-7-17(3)30(14-20)18(4)31/h5-6,9-13,17,20H,7-8,14H2,1-4H3,(H,26,27,28,29)/t17-,20+/m0/s1. The van der Waals surface area contributed by atoms with Gasteiger partial charge in [0.25, 0.3) is 0 Å². The molecule has 1 saturated heterocycles. The highest BCUT2D eigenvalue weighted by Crippen LogP contribution is 2.31. The van der Waals surface area contributed by atoms with E-state index in [-0.39, 0.29) is 17.9 Å². The summed E-state index contributed by atoms with van der Waals surface area (Å²) in [6.07, 6.45) is 5.45. The molecule has 4 heterocycles. The van der Waals surface area contributed by atoms with Gasteiger partial charge in [-0.15, -0.1) is 0 Å². The second-order valence-corrected chi connectivity index (χ2v) is 8.30. The van der Waals surface area contributed by atoms with E-state index in [1.54, 1.807) is 19.3 Å². The van der Waals surface area contributed by atoms with Gasteiger partial charge < -0.3 is 10.2 Å². The molecule has 0 saturated carbocycles. The molecule has 1 aliphatic heterocycles. The van der Waals surface area contributed by atoms with Gasteiger partial charge in [-0.05, 0) is 57.9 Å². The summed E-state index contributed by atoms with van der Waals surface area (Å²) in [6.45, 7) is 8.33. The van der Waals surface area contributed by atoms with Crippen molar-refractivity contribution in [1.82, 2.24) is 24.8 Å². The van der Waals surface area contributed by atoms with Crippen LogP contribution in [-0.4, -0.2) is 43.3 Å². The Morgan fingerprint density at radius 2 is 1.87 bits per heavy atom. The predicted molar refractivity (Wildman–Crippen MR) is 121 cm³/mol. The van der Waals surface area contributed by atoms with Crippen molar-refractivity contribution in [1.29, 1.82) is 0 Å². The van der Waals surface area contributed by atoms with E-state index in [2.05, 4.69) is 22.2 Å². The molecule has 0 bridgehead atoms. The summed E-state index contributed by atoms with van der Waals surface area (Å²) in [6, 6.07) is 10.1. The van der Waals surface area contributed by atoms with Crippen LogP contribution in [0.5, 0.6) is 0 Å². The van der Waals surface area contributed by atoms with Crippen molar-refractivity contribution < 1.29 is 4.79 Å². The SMILES string of the molecule is CC(=O)N1C[C@H](c2nc(Nc3cc(C)nc(C)c3)cc(-c3cccnc3)n2)CC[C@@H]1C. The Bertz CT molecular complexity index is 1060. The van der Waals surface area contributed by atoms with Gasteiger partial charge in [0.2, 0.25) is 5.91 Å². The van der Waals surface area contributed by atoms with Gasteiger partial charge in [0.05, 0.1) is 5.69 Å². The second kappa shape index (κ2) is 8.79. The Balaban J connectivity index is 1.72. The molecule has 160 valence electrons. The molecule has 31 heavy (non-hydrogen) atoms. The van der Waals surface area contributed by atoms with Crippen LogP contribution in [0.15, 0.2) is 42.7 Å². The van der Waals surface area contributed by atoms with Crippen molar-refractivity contribution in [2.45, 2.75) is 52.5 Å². The van der Waals surface area contributed by atoms with Gasteiger partial charge in [0, 0.05) is 66.5 Å². The van der Waals surface area contributed by atoms with Gasteiger partial charge in [-0.3, -0.25) is 14.8 Å². The van der Waals surface area contributed by atoms with Crippen LogP contribution in [0.1, 0.15) is 49.8 Å². The fourth-order valence-electron chi connectivity index (χ4n) is 4.19. The summed E-state index contributed by atoms with van der Waals surface area (Å²) in [5, 5.41) is 3.43. The number of hydrogen-bond donors (Lipinski definition) is 1. The van der Waals surface area contributed by atoms with Gasteiger partial charge in [0.15, 0.2) is 0 Å². The normalized spacial score (nSPS) is 18.6. The fourth-order valence-corrected chi connectivity index (χ4v) is 4.19. The molecule has 0 aliphatic carbocycles. The van der Waals surface area contributed by atoms with Crippen molar-refractivity contribution in [3.63, 3.8) is 0 Å². The Labute approximate surface area is 183 Å². The molecule has 1 amide bonds. The maximum Gasteiger partial charge on any atom is 0.219 e. The molecule has 7 heteroatoms. The Morgan fingerprint density at radius 3 is 2.55 bits per heavy atom. The van der Waals surface area contributed by atoms with Gasteiger partial charge >= 0.3 is 0 Å². The van der Waals surface area contributed by atoms with E-state index in [0.29, 0.717) is 6.54 Å². The summed E-state index contributed by atoms with van der Waals surface area (Å²) >= 11 is 0. The molecular weight excluding hydrogens is 388 g/mol. The number of nitrogens with zero attached hydrogens (tertiary/aromatic N) is 5. The summed E-state index contributed by atoms with van der Waals surface area (Å²) in [7, 11) is 0. The summed E-state index contributed by atoms with van der Waals surface area (Å²) in [5.74, 6) is 1.67. The van der Waals surface area contributed by atoms with Crippen molar-refractivity contribution >= 4 is 17.4 Å². The lowest BCUT2D eigenvalue weighted by Crippen LogP contribution is -2.44. The minimum absolute atomic E-state index is 0.0955. The molecule has 1 N–H and O–H groups in total. The highest BCUT2D eigenvalue weighted by Gasteiger charge is 2.30. The second-order valence-electron chi connectivity index (χ2n) is 8.30. The number of rotatable bonds is 4. The molecule has 0 unspecified atom stereocenters. The molecule has 0 aromatic carbocycles. The van der Waals surface area contributed by atoms with E-state index in [0.717, 1.165) is 52.8 Å². The van der Waals surface area contributed by atoms with Crippen LogP contribution in [0.2, 0.25) is 0 Å². The van der Waals surface area contributed by atoms with E-state index in [9.17, 15) is 4.79 Å². The van der Waals surface area contributed by atoms with Gasteiger partial charge in [-0.25, -0.2) is 9.97 Å². The molecule has 0 radical (unpaired) electrons. The van der Waals surface area contributed by atoms with Crippen LogP contribution >= 0.6 is 0 Å². The lowest BCUT2D eigenvalue weighted by molar-refractivity contribution is -0.132. The predicted octanol–water partition coefficient (Wildman–Crippen LogP) is 4.41. The van der Waals surface area contributed by atoms with Crippen LogP contribution in [0, 0.1) is 13.8 Å². The topological polar surface area (TPSA) is 83.9 Å². The number of anilines is 2. The largest absolute Gasteiger partial charge is 0.340 e. The number of amides is 1. The number of carbonyl (C=O) groups is 1. The van der Waals surface area contributed by atoms with E-state index in [4.69, 9.17) is 9.97 Å². The maximum absolute atomic E-state index is 12.1. The zero-order valence-corrected chi connectivity index (χ0v) is 18.5. The van der Waals surface area contributed by atoms with Gasteiger partial charge in [0.1, 0.15) is 11.6 Å². The quantitative estimate of drug-likeness (QED) is 0.678. The van der Waals surface area contributed by atoms with E-state index in [1.807, 2.05) is 49.1 Å². The number of aryl methyl sites for hydroxylation is 2. The number of nitrogens with one attached hydrogen (secondary N) is 1. The van der Waals surface area contributed by atoms with Crippen molar-refractivity contribution in [2.75, 3.05) is 11.9 Å². The first kappa shape index (κ1) is 20.9. The first-order valence-corrected chi connectivity index (χ1v) is 10.7. The summed E-state index contributed by atoms with van der Waals surface area (Å²) < 4.78 is 0. The molecule has 2 atom stereocenters. The maximum atomic E-state index is 12.1. The molecule has 4 rings (SSSR count). The Morgan fingerprint density at radius 1 is 1.10 bits per heavy atom. The number of aromatic nitrogens is 4. The minimum Gasteiger partial charge on any atom is -0.340 e. The third-order valence-electron chi connectivity index (χ3n) is 5.71. The van der Waals surface area contributed by atoms with Gasteiger partial charge in [-0.1, -0.05) is 0 Å². The smallest absolute Gasteiger partial charge is 0.219 e. The molecule has 0 spiro atoms. The number of piperidine rings is 1. The van der Waals surface area contributed by atoms with Crippen LogP contribution in [-0.2, 0) is 4.79 Å². The fraction of sp³-hybridized carbons (Fsp3) is 0.375. The number of pyridine rings is 2. The average molecular weight is 417 g/mol. The molecule has 3 aromatic rings. The van der Waals surface area contributed by atoms with Gasteiger partial charge in [-0.2, -0.15) is 0 Å². The lowest BCUT2D eigenvalue weighted by Gasteiger charge is -2.37. The molecular formula is C24H28N6O. The van der Waals surface area contributed by atoms with E-state index >= 15 is 0 Å². The Hall–Kier alpha value is -3.35. The van der Waals surface area contributed by atoms with E-state index in [1.165, 1.54) is 0 Å². The third kappa shape index (κ3) is 4.87. The molecule has 7 nitrogen and oxygen atoms in total. The summed E-state index contributed by atoms with van der Waals surface area (Å²) in [5.41, 5.74) is 4.58. The lowest BCUT2D eigenvalue weighted by atomic mass is 9.92. The molecule has 1 aliphatic rings.